The van der Waals surface area contributed by atoms with Crippen molar-refractivity contribution in [1.29, 1.82) is 0 Å². The van der Waals surface area contributed by atoms with Crippen molar-refractivity contribution in [3.63, 3.8) is 0 Å². The molecule has 11 heavy (non-hydrogen) atoms. The van der Waals surface area contributed by atoms with E-state index in [1.165, 1.54) is 38.5 Å². The van der Waals surface area contributed by atoms with Crippen molar-refractivity contribution in [2.45, 2.75) is 58.7 Å². The van der Waals surface area contributed by atoms with Crippen molar-refractivity contribution >= 4 is 7.85 Å². The van der Waals surface area contributed by atoms with Gasteiger partial charge < -0.3 is 0 Å². The van der Waals surface area contributed by atoms with Crippen LogP contribution in [0, 0.1) is 5.92 Å². The molecule has 0 aliphatic carbocycles. The lowest BCUT2D eigenvalue weighted by Crippen LogP contribution is -1.86. The molecule has 0 nitrogen and oxygen atoms in total. The lowest BCUT2D eigenvalue weighted by molar-refractivity contribution is 0.518. The van der Waals surface area contributed by atoms with Crippen LogP contribution in [0.1, 0.15) is 52.4 Å². The molecule has 2 radical (unpaired) electrons. The summed E-state index contributed by atoms with van der Waals surface area (Å²) in [4.78, 5) is 0. The van der Waals surface area contributed by atoms with Crippen LogP contribution in [-0.4, -0.2) is 7.85 Å². The molecule has 0 aliphatic rings. The summed E-state index contributed by atoms with van der Waals surface area (Å²) in [6.07, 6.45) is 8.98. The van der Waals surface area contributed by atoms with Crippen molar-refractivity contribution in [3.05, 3.63) is 0 Å². The van der Waals surface area contributed by atoms with Gasteiger partial charge in [-0.05, 0) is 5.92 Å². The second-order valence-electron chi connectivity index (χ2n) is 3.74. The molecule has 0 bridgehead atoms. The molecule has 0 aromatic carbocycles. The highest BCUT2D eigenvalue weighted by molar-refractivity contribution is 6.08. The first-order valence-corrected chi connectivity index (χ1v) is 4.97. The molecule has 0 aromatic rings. The third-order valence-corrected chi connectivity index (χ3v) is 1.99. The zero-order valence-corrected chi connectivity index (χ0v) is 8.10. The normalized spacial score (nSPS) is 10.8. The molecular formula is C10H21B. The van der Waals surface area contributed by atoms with Gasteiger partial charge in [-0.1, -0.05) is 58.7 Å². The van der Waals surface area contributed by atoms with Crippen molar-refractivity contribution in [2.75, 3.05) is 0 Å². The van der Waals surface area contributed by atoms with Crippen molar-refractivity contribution < 1.29 is 0 Å². The number of hydrogen-bond donors (Lipinski definition) is 0. The predicted octanol–water partition coefficient (Wildman–Crippen LogP) is 3.57. The van der Waals surface area contributed by atoms with Crippen LogP contribution in [-0.2, 0) is 0 Å². The van der Waals surface area contributed by atoms with Gasteiger partial charge in [0, 0.05) is 0 Å². The molecule has 0 aromatic heterocycles. The SMILES string of the molecule is [B]CCCCCCCC(C)C. The minimum atomic E-state index is 0.865. The maximum Gasteiger partial charge on any atom is 0.0653 e. The number of rotatable bonds is 7. The Labute approximate surface area is 73.2 Å². The molecule has 0 saturated carbocycles. The molecule has 1 heteroatoms. The van der Waals surface area contributed by atoms with Gasteiger partial charge in [0.1, 0.15) is 0 Å². The lowest BCUT2D eigenvalue weighted by Gasteiger charge is -2.03. The highest BCUT2D eigenvalue weighted by atomic mass is 14.0. The summed E-state index contributed by atoms with van der Waals surface area (Å²) in [5, 5.41) is 0. The fourth-order valence-corrected chi connectivity index (χ4v) is 1.23. The quantitative estimate of drug-likeness (QED) is 0.386. The largest absolute Gasteiger partial charge is 0.0887 e. The molecule has 0 spiro atoms. The van der Waals surface area contributed by atoms with E-state index in [0.29, 0.717) is 0 Å². The Kier molecular flexibility index (Phi) is 8.21. The Morgan fingerprint density at radius 3 is 2.00 bits per heavy atom. The van der Waals surface area contributed by atoms with E-state index < -0.39 is 0 Å². The van der Waals surface area contributed by atoms with Crippen LogP contribution in [0.25, 0.3) is 0 Å². The first-order chi connectivity index (χ1) is 5.27. The summed E-state index contributed by atoms with van der Waals surface area (Å²) in [7, 11) is 5.39. The van der Waals surface area contributed by atoms with Crippen LogP contribution in [0.5, 0.6) is 0 Å². The molecule has 64 valence electrons. The summed E-state index contributed by atoms with van der Waals surface area (Å²) in [6.45, 7) is 4.58. The topological polar surface area (TPSA) is 0 Å². The van der Waals surface area contributed by atoms with Crippen LogP contribution >= 0.6 is 0 Å². The van der Waals surface area contributed by atoms with Gasteiger partial charge >= 0.3 is 0 Å². The molecule has 0 aliphatic heterocycles. The standard InChI is InChI=1S/C10H21B/c1-10(2)8-6-4-3-5-7-9-11/h10H,3-9H2,1-2H3. The molecule has 0 N–H and O–H groups in total. The van der Waals surface area contributed by atoms with Gasteiger partial charge in [0.25, 0.3) is 0 Å². The molecular weight excluding hydrogens is 131 g/mol. The van der Waals surface area contributed by atoms with E-state index in [-0.39, 0.29) is 0 Å². The molecule has 0 heterocycles. The van der Waals surface area contributed by atoms with Crippen LogP contribution in [0.2, 0.25) is 6.32 Å². The maximum absolute atomic E-state index is 5.39. The zero-order valence-electron chi connectivity index (χ0n) is 8.10. The van der Waals surface area contributed by atoms with Gasteiger partial charge in [-0.3, -0.25) is 0 Å². The number of unbranched alkanes of at least 4 members (excludes halogenated alkanes) is 4. The molecule has 0 rings (SSSR count). The first kappa shape index (κ1) is 11.1. The van der Waals surface area contributed by atoms with Crippen LogP contribution < -0.4 is 0 Å². The first-order valence-electron chi connectivity index (χ1n) is 4.97. The van der Waals surface area contributed by atoms with E-state index in [2.05, 4.69) is 13.8 Å². The Bertz CT molecular complexity index is 69.3. The van der Waals surface area contributed by atoms with Crippen LogP contribution in [0.15, 0.2) is 0 Å². The third kappa shape index (κ3) is 10.1. The highest BCUT2D eigenvalue weighted by Gasteiger charge is 1.93. The van der Waals surface area contributed by atoms with Crippen LogP contribution in [0.3, 0.4) is 0 Å². The summed E-state index contributed by atoms with van der Waals surface area (Å²) >= 11 is 0. The van der Waals surface area contributed by atoms with E-state index in [9.17, 15) is 0 Å². The summed E-state index contributed by atoms with van der Waals surface area (Å²) in [6, 6.07) is 0. The van der Waals surface area contributed by atoms with Gasteiger partial charge in [-0.2, -0.15) is 0 Å². The summed E-state index contributed by atoms with van der Waals surface area (Å²) < 4.78 is 0. The van der Waals surface area contributed by atoms with Crippen molar-refractivity contribution in [1.82, 2.24) is 0 Å². The second kappa shape index (κ2) is 8.16. The molecule has 0 atom stereocenters. The van der Waals surface area contributed by atoms with E-state index in [1.54, 1.807) is 0 Å². The monoisotopic (exact) mass is 152 g/mol. The third-order valence-electron chi connectivity index (χ3n) is 1.99. The van der Waals surface area contributed by atoms with Gasteiger partial charge in [-0.15, -0.1) is 0 Å². The van der Waals surface area contributed by atoms with Gasteiger partial charge in [0.15, 0.2) is 0 Å². The lowest BCUT2D eigenvalue weighted by atomic mass is 9.97. The summed E-state index contributed by atoms with van der Waals surface area (Å²) in [5.41, 5.74) is 0. The van der Waals surface area contributed by atoms with E-state index in [0.717, 1.165) is 12.2 Å². The fraction of sp³-hybridized carbons (Fsp3) is 1.00. The average molecular weight is 152 g/mol. The van der Waals surface area contributed by atoms with E-state index >= 15 is 0 Å². The molecule has 0 unspecified atom stereocenters. The van der Waals surface area contributed by atoms with Gasteiger partial charge in [0.2, 0.25) is 0 Å². The summed E-state index contributed by atoms with van der Waals surface area (Å²) in [5.74, 6) is 0.879. The maximum atomic E-state index is 5.39. The highest BCUT2D eigenvalue weighted by Crippen LogP contribution is 2.10. The Hall–Kier alpha value is 0.0649. The van der Waals surface area contributed by atoms with Crippen molar-refractivity contribution in [3.8, 4) is 0 Å². The van der Waals surface area contributed by atoms with E-state index in [4.69, 9.17) is 7.85 Å². The zero-order chi connectivity index (χ0) is 8.53. The molecule has 0 amide bonds. The van der Waals surface area contributed by atoms with Crippen molar-refractivity contribution in [2.24, 2.45) is 5.92 Å². The predicted molar refractivity (Wildman–Crippen MR) is 53.1 cm³/mol. The smallest absolute Gasteiger partial charge is 0.0653 e. The number of hydrogen-bond acceptors (Lipinski definition) is 0. The minimum Gasteiger partial charge on any atom is -0.0887 e. The second-order valence-corrected chi connectivity index (χ2v) is 3.74. The Morgan fingerprint density at radius 1 is 0.909 bits per heavy atom. The molecule has 0 saturated heterocycles. The molecule has 0 fully saturated rings. The Morgan fingerprint density at radius 2 is 1.45 bits per heavy atom. The minimum absolute atomic E-state index is 0.865. The van der Waals surface area contributed by atoms with Crippen LogP contribution in [0.4, 0.5) is 0 Å². The van der Waals surface area contributed by atoms with E-state index in [1.807, 2.05) is 0 Å². The Balaban J connectivity index is 2.80. The average Bonchev–Trinajstić information content (AvgIpc) is 1.96. The van der Waals surface area contributed by atoms with Gasteiger partial charge in [0.05, 0.1) is 7.85 Å². The van der Waals surface area contributed by atoms with Gasteiger partial charge in [-0.25, -0.2) is 0 Å². The fourth-order valence-electron chi connectivity index (χ4n) is 1.23.